The van der Waals surface area contributed by atoms with E-state index < -0.39 is 0 Å². The molecule has 1 aromatic heterocycles. The van der Waals surface area contributed by atoms with Crippen LogP contribution >= 0.6 is 27.7 Å². The summed E-state index contributed by atoms with van der Waals surface area (Å²) in [5.74, 6) is 0.916. The first kappa shape index (κ1) is 13.5. The fourth-order valence-corrected chi connectivity index (χ4v) is 2.68. The fraction of sp³-hybridized carbons (Fsp3) is 0.273. The molecule has 0 saturated heterocycles. The van der Waals surface area contributed by atoms with Gasteiger partial charge in [0.25, 0.3) is 0 Å². The van der Waals surface area contributed by atoms with Crippen LogP contribution in [-0.2, 0) is 19.4 Å². The molecule has 0 saturated carbocycles. The molecule has 7 heteroatoms. The number of halogens is 2. The van der Waals surface area contributed by atoms with Gasteiger partial charge in [-0.1, -0.05) is 17.8 Å². The minimum Gasteiger partial charge on any atom is -0.388 e. The second kappa shape index (κ2) is 5.81. The summed E-state index contributed by atoms with van der Waals surface area (Å²) in [6.07, 6.45) is 0. The van der Waals surface area contributed by atoms with E-state index in [0.717, 1.165) is 10.7 Å². The summed E-state index contributed by atoms with van der Waals surface area (Å²) >= 11 is 4.64. The van der Waals surface area contributed by atoms with Gasteiger partial charge in [0.1, 0.15) is 12.4 Å². The standard InChI is InChI=1S/C11H11BrFN3OS/c1-16-10(5-17)14-15-11(16)18-6-7-2-3-9(13)8(12)4-7/h2-4,17H,5-6H2,1H3. The maximum Gasteiger partial charge on any atom is 0.191 e. The van der Waals surface area contributed by atoms with E-state index in [9.17, 15) is 4.39 Å². The third-order valence-corrected chi connectivity index (χ3v) is 4.12. The van der Waals surface area contributed by atoms with Gasteiger partial charge in [-0.3, -0.25) is 0 Å². The van der Waals surface area contributed by atoms with Crippen LogP contribution in [0.3, 0.4) is 0 Å². The Morgan fingerprint density at radius 3 is 2.83 bits per heavy atom. The van der Waals surface area contributed by atoms with Crippen molar-refractivity contribution >= 4 is 27.7 Å². The molecule has 1 aromatic carbocycles. The zero-order valence-electron chi connectivity index (χ0n) is 9.60. The first-order valence-electron chi connectivity index (χ1n) is 5.17. The summed E-state index contributed by atoms with van der Waals surface area (Å²) in [4.78, 5) is 0. The highest BCUT2D eigenvalue weighted by Crippen LogP contribution is 2.24. The lowest BCUT2D eigenvalue weighted by Crippen LogP contribution is -1.98. The van der Waals surface area contributed by atoms with E-state index in [1.807, 2.05) is 0 Å². The van der Waals surface area contributed by atoms with E-state index in [1.165, 1.54) is 17.8 Å². The van der Waals surface area contributed by atoms with E-state index in [4.69, 9.17) is 5.11 Å². The predicted molar refractivity (Wildman–Crippen MR) is 70.6 cm³/mol. The summed E-state index contributed by atoms with van der Waals surface area (Å²) in [6.45, 7) is -0.133. The van der Waals surface area contributed by atoms with Crippen LogP contribution in [0.25, 0.3) is 0 Å². The van der Waals surface area contributed by atoms with Crippen molar-refractivity contribution < 1.29 is 9.50 Å². The minimum atomic E-state index is -0.273. The van der Waals surface area contributed by atoms with Gasteiger partial charge in [0.05, 0.1) is 4.47 Å². The average Bonchev–Trinajstić information content (AvgIpc) is 2.72. The molecule has 1 heterocycles. The van der Waals surface area contributed by atoms with Gasteiger partial charge >= 0.3 is 0 Å². The molecule has 1 N–H and O–H groups in total. The van der Waals surface area contributed by atoms with Crippen molar-refractivity contribution in [1.29, 1.82) is 0 Å². The summed E-state index contributed by atoms with van der Waals surface area (Å²) < 4.78 is 15.3. The number of aromatic nitrogens is 3. The van der Waals surface area contributed by atoms with Crippen LogP contribution in [0.5, 0.6) is 0 Å². The van der Waals surface area contributed by atoms with Gasteiger partial charge in [0.2, 0.25) is 0 Å². The number of hydrogen-bond acceptors (Lipinski definition) is 4. The number of aliphatic hydroxyl groups excluding tert-OH is 1. The van der Waals surface area contributed by atoms with Gasteiger partial charge in [0, 0.05) is 12.8 Å². The quantitative estimate of drug-likeness (QED) is 0.874. The lowest BCUT2D eigenvalue weighted by atomic mass is 10.2. The smallest absolute Gasteiger partial charge is 0.191 e. The highest BCUT2D eigenvalue weighted by atomic mass is 79.9. The molecule has 0 amide bonds. The van der Waals surface area contributed by atoms with Crippen molar-refractivity contribution in [2.75, 3.05) is 0 Å². The van der Waals surface area contributed by atoms with Crippen LogP contribution in [0.15, 0.2) is 27.8 Å². The molecule has 0 atom stereocenters. The number of benzene rings is 1. The number of nitrogens with zero attached hydrogens (tertiary/aromatic N) is 3. The molecule has 0 aliphatic rings. The zero-order chi connectivity index (χ0) is 13.1. The molecule has 0 unspecified atom stereocenters. The van der Waals surface area contributed by atoms with Crippen LogP contribution in [0, 0.1) is 5.82 Å². The van der Waals surface area contributed by atoms with E-state index in [1.54, 1.807) is 23.7 Å². The summed E-state index contributed by atoms with van der Waals surface area (Å²) in [7, 11) is 1.80. The monoisotopic (exact) mass is 331 g/mol. The second-order valence-corrected chi connectivity index (χ2v) is 5.45. The average molecular weight is 332 g/mol. The lowest BCUT2D eigenvalue weighted by molar-refractivity contribution is 0.266. The molecule has 0 radical (unpaired) electrons. The number of aliphatic hydroxyl groups is 1. The van der Waals surface area contributed by atoms with Crippen LogP contribution in [0.4, 0.5) is 4.39 Å². The molecule has 18 heavy (non-hydrogen) atoms. The second-order valence-electron chi connectivity index (χ2n) is 3.65. The normalized spacial score (nSPS) is 10.9. The molecule has 4 nitrogen and oxygen atoms in total. The highest BCUT2D eigenvalue weighted by Gasteiger charge is 2.08. The maximum atomic E-state index is 13.1. The van der Waals surface area contributed by atoms with Gasteiger partial charge in [-0.05, 0) is 33.6 Å². The third kappa shape index (κ3) is 2.90. The Labute approximate surface area is 116 Å². The largest absolute Gasteiger partial charge is 0.388 e. The number of rotatable bonds is 4. The maximum absolute atomic E-state index is 13.1. The Balaban J connectivity index is 2.06. The summed E-state index contributed by atoms with van der Waals surface area (Å²) in [6, 6.07) is 4.90. The van der Waals surface area contributed by atoms with Crippen LogP contribution in [-0.4, -0.2) is 19.9 Å². The van der Waals surface area contributed by atoms with E-state index in [0.29, 0.717) is 16.0 Å². The van der Waals surface area contributed by atoms with Gasteiger partial charge < -0.3 is 9.67 Å². The molecule has 0 bridgehead atoms. The summed E-state index contributed by atoms with van der Waals surface area (Å²) in [5.41, 5.74) is 0.988. The minimum absolute atomic E-state index is 0.133. The topological polar surface area (TPSA) is 50.9 Å². The predicted octanol–water partition coefficient (Wildman–Crippen LogP) is 2.50. The summed E-state index contributed by atoms with van der Waals surface area (Å²) in [5, 5.41) is 17.5. The Morgan fingerprint density at radius 1 is 1.44 bits per heavy atom. The zero-order valence-corrected chi connectivity index (χ0v) is 12.0. The molecule has 96 valence electrons. The van der Waals surface area contributed by atoms with Crippen molar-refractivity contribution in [3.63, 3.8) is 0 Å². The Hall–Kier alpha value is -0.920. The first-order valence-corrected chi connectivity index (χ1v) is 6.95. The molecule has 0 fully saturated rings. The fourth-order valence-electron chi connectivity index (χ4n) is 1.39. The van der Waals surface area contributed by atoms with Gasteiger partial charge in [-0.15, -0.1) is 10.2 Å². The van der Waals surface area contributed by atoms with Crippen molar-refractivity contribution in [3.05, 3.63) is 39.9 Å². The highest BCUT2D eigenvalue weighted by molar-refractivity contribution is 9.10. The van der Waals surface area contributed by atoms with Crippen molar-refractivity contribution in [2.24, 2.45) is 7.05 Å². The number of hydrogen-bond donors (Lipinski definition) is 1. The molecule has 2 aromatic rings. The van der Waals surface area contributed by atoms with Crippen molar-refractivity contribution in [2.45, 2.75) is 17.5 Å². The van der Waals surface area contributed by atoms with Gasteiger partial charge in [-0.25, -0.2) is 4.39 Å². The van der Waals surface area contributed by atoms with Crippen LogP contribution < -0.4 is 0 Å². The third-order valence-electron chi connectivity index (χ3n) is 2.42. The van der Waals surface area contributed by atoms with Gasteiger partial charge in [-0.2, -0.15) is 0 Å². The lowest BCUT2D eigenvalue weighted by Gasteiger charge is -2.03. The van der Waals surface area contributed by atoms with Crippen molar-refractivity contribution in [3.8, 4) is 0 Å². The molecular weight excluding hydrogens is 321 g/mol. The van der Waals surface area contributed by atoms with Crippen LogP contribution in [0.1, 0.15) is 11.4 Å². The van der Waals surface area contributed by atoms with E-state index in [-0.39, 0.29) is 12.4 Å². The Morgan fingerprint density at radius 2 is 2.22 bits per heavy atom. The molecule has 0 aliphatic carbocycles. The Bertz CT molecular complexity index is 561. The SMILES string of the molecule is Cn1c(CO)nnc1SCc1ccc(F)c(Br)c1. The van der Waals surface area contributed by atoms with Crippen LogP contribution in [0.2, 0.25) is 0 Å². The first-order chi connectivity index (χ1) is 8.61. The molecule has 0 spiro atoms. The molecule has 0 aliphatic heterocycles. The van der Waals surface area contributed by atoms with E-state index in [2.05, 4.69) is 26.1 Å². The Kier molecular flexibility index (Phi) is 4.36. The van der Waals surface area contributed by atoms with E-state index >= 15 is 0 Å². The van der Waals surface area contributed by atoms with Gasteiger partial charge in [0.15, 0.2) is 11.0 Å². The molecule has 2 rings (SSSR count). The molecular formula is C11H11BrFN3OS. The number of thioether (sulfide) groups is 1. The van der Waals surface area contributed by atoms with Crippen molar-refractivity contribution in [1.82, 2.24) is 14.8 Å².